The summed E-state index contributed by atoms with van der Waals surface area (Å²) in [5.41, 5.74) is 1.48. The van der Waals surface area contributed by atoms with E-state index in [0.717, 1.165) is 37.7 Å². The Morgan fingerprint density at radius 1 is 1.38 bits per heavy atom. The van der Waals surface area contributed by atoms with Crippen molar-refractivity contribution in [2.45, 2.75) is 25.9 Å². The van der Waals surface area contributed by atoms with E-state index in [1.165, 1.54) is 5.56 Å². The first-order valence-electron chi connectivity index (χ1n) is 8.15. The fourth-order valence-corrected chi connectivity index (χ4v) is 3.87. The van der Waals surface area contributed by atoms with Crippen molar-refractivity contribution in [2.75, 3.05) is 18.4 Å². The molecule has 0 unspecified atom stereocenters. The molecule has 0 amide bonds. The van der Waals surface area contributed by atoms with Gasteiger partial charge in [0, 0.05) is 42.9 Å². The predicted molar refractivity (Wildman–Crippen MR) is 95.5 cm³/mol. The zero-order chi connectivity index (χ0) is 16.4. The Bertz CT molecular complexity index is 797. The van der Waals surface area contributed by atoms with Gasteiger partial charge in [-0.25, -0.2) is 9.67 Å². The van der Waals surface area contributed by atoms with Crippen LogP contribution in [0.25, 0.3) is 5.82 Å². The first-order chi connectivity index (χ1) is 11.8. The Morgan fingerprint density at radius 2 is 2.33 bits per heavy atom. The van der Waals surface area contributed by atoms with Crippen LogP contribution >= 0.6 is 11.3 Å². The molecule has 4 heterocycles. The van der Waals surface area contributed by atoms with Gasteiger partial charge in [0.05, 0.1) is 12.4 Å². The lowest BCUT2D eigenvalue weighted by Gasteiger charge is -2.32. The Labute approximate surface area is 145 Å². The molecule has 0 radical (unpaired) electrons. The number of aromatic nitrogens is 4. The van der Waals surface area contributed by atoms with E-state index in [-0.39, 0.29) is 0 Å². The van der Waals surface area contributed by atoms with Crippen molar-refractivity contribution < 1.29 is 0 Å². The Hall–Kier alpha value is -2.25. The average Bonchev–Trinajstić information content (AvgIpc) is 3.30. The molecule has 0 saturated carbocycles. The lowest BCUT2D eigenvalue weighted by atomic mass is 10.1. The number of nitrogens with one attached hydrogen (secondary N) is 1. The van der Waals surface area contributed by atoms with Crippen LogP contribution in [0.1, 0.15) is 17.4 Å². The van der Waals surface area contributed by atoms with E-state index in [4.69, 9.17) is 0 Å². The van der Waals surface area contributed by atoms with Gasteiger partial charge >= 0.3 is 0 Å². The standard InChI is InChI=1S/C17H20N6S/c1-13(22-7-3-15-14(12-22)4-8-24-15)9-19-16-10-18-11-17(21-16)23-6-2-5-20-23/h2,4-6,8,10-11,13H,3,7,9,12H2,1H3,(H,19,21)/t13-/m0/s1. The van der Waals surface area contributed by atoms with Gasteiger partial charge in [-0.3, -0.25) is 9.88 Å². The third kappa shape index (κ3) is 3.18. The van der Waals surface area contributed by atoms with Crippen LogP contribution in [0.15, 0.2) is 42.3 Å². The Kier molecular flexibility index (Phi) is 4.27. The third-order valence-electron chi connectivity index (χ3n) is 4.40. The molecular formula is C17H20N6S. The molecule has 1 N–H and O–H groups in total. The Balaban J connectivity index is 1.38. The molecule has 1 aliphatic rings. The molecule has 0 spiro atoms. The van der Waals surface area contributed by atoms with E-state index in [1.807, 2.05) is 23.6 Å². The van der Waals surface area contributed by atoms with Crippen LogP contribution in [0.3, 0.4) is 0 Å². The second kappa shape index (κ2) is 6.70. The summed E-state index contributed by atoms with van der Waals surface area (Å²) in [5.74, 6) is 1.50. The second-order valence-electron chi connectivity index (χ2n) is 6.03. The van der Waals surface area contributed by atoms with Crippen LogP contribution in [-0.4, -0.2) is 43.8 Å². The monoisotopic (exact) mass is 340 g/mol. The van der Waals surface area contributed by atoms with Gasteiger partial charge in [-0.1, -0.05) is 0 Å². The molecule has 0 saturated heterocycles. The van der Waals surface area contributed by atoms with Crippen molar-refractivity contribution in [3.8, 4) is 5.82 Å². The highest BCUT2D eigenvalue weighted by atomic mass is 32.1. The van der Waals surface area contributed by atoms with Crippen molar-refractivity contribution >= 4 is 17.2 Å². The normalized spacial score (nSPS) is 15.9. The lowest BCUT2D eigenvalue weighted by Crippen LogP contribution is -2.40. The van der Waals surface area contributed by atoms with Crippen LogP contribution in [0.5, 0.6) is 0 Å². The SMILES string of the molecule is C[C@@H](CNc1cncc(-n2cccn2)n1)N1CCc2sccc2C1. The first kappa shape index (κ1) is 15.3. The van der Waals surface area contributed by atoms with Gasteiger partial charge in [-0.15, -0.1) is 11.3 Å². The molecule has 0 aliphatic carbocycles. The minimum absolute atomic E-state index is 0.438. The second-order valence-corrected chi connectivity index (χ2v) is 7.03. The topological polar surface area (TPSA) is 58.9 Å². The maximum absolute atomic E-state index is 4.57. The van der Waals surface area contributed by atoms with Gasteiger partial charge in [0.1, 0.15) is 5.82 Å². The number of hydrogen-bond acceptors (Lipinski definition) is 6. The van der Waals surface area contributed by atoms with Gasteiger partial charge < -0.3 is 5.32 Å². The van der Waals surface area contributed by atoms with Crippen LogP contribution in [0.2, 0.25) is 0 Å². The molecule has 4 rings (SSSR count). The third-order valence-corrected chi connectivity index (χ3v) is 5.42. The van der Waals surface area contributed by atoms with E-state index < -0.39 is 0 Å². The highest BCUT2D eigenvalue weighted by molar-refractivity contribution is 7.10. The lowest BCUT2D eigenvalue weighted by molar-refractivity contribution is 0.200. The molecular weight excluding hydrogens is 320 g/mol. The summed E-state index contributed by atoms with van der Waals surface area (Å²) in [4.78, 5) is 12.9. The molecule has 0 fully saturated rings. The van der Waals surface area contributed by atoms with Crippen molar-refractivity contribution in [3.05, 3.63) is 52.7 Å². The van der Waals surface area contributed by atoms with E-state index in [9.17, 15) is 0 Å². The fraction of sp³-hybridized carbons (Fsp3) is 0.353. The maximum Gasteiger partial charge on any atom is 0.173 e. The molecule has 1 aliphatic heterocycles. The van der Waals surface area contributed by atoms with Gasteiger partial charge in [0.15, 0.2) is 5.82 Å². The highest BCUT2D eigenvalue weighted by Crippen LogP contribution is 2.25. The van der Waals surface area contributed by atoms with Gasteiger partial charge in [0.25, 0.3) is 0 Å². The summed E-state index contributed by atoms with van der Waals surface area (Å²) in [7, 11) is 0. The summed E-state index contributed by atoms with van der Waals surface area (Å²) in [6.45, 7) is 5.27. The zero-order valence-corrected chi connectivity index (χ0v) is 14.4. The maximum atomic E-state index is 4.57. The average molecular weight is 340 g/mol. The molecule has 0 bridgehead atoms. The van der Waals surface area contributed by atoms with Gasteiger partial charge in [-0.2, -0.15) is 5.10 Å². The van der Waals surface area contributed by atoms with E-state index >= 15 is 0 Å². The number of nitrogens with zero attached hydrogens (tertiary/aromatic N) is 5. The van der Waals surface area contributed by atoms with E-state index in [1.54, 1.807) is 28.1 Å². The molecule has 124 valence electrons. The number of fused-ring (bicyclic) bond motifs is 1. The number of thiophene rings is 1. The Morgan fingerprint density at radius 3 is 3.21 bits per heavy atom. The quantitative estimate of drug-likeness (QED) is 0.774. The van der Waals surface area contributed by atoms with Crippen molar-refractivity contribution in [2.24, 2.45) is 0 Å². The molecule has 3 aromatic rings. The molecule has 6 nitrogen and oxygen atoms in total. The summed E-state index contributed by atoms with van der Waals surface area (Å²) >= 11 is 1.88. The summed E-state index contributed by atoms with van der Waals surface area (Å²) in [6, 6.07) is 4.57. The molecule has 7 heteroatoms. The minimum Gasteiger partial charge on any atom is -0.367 e. The molecule has 1 atom stereocenters. The fourth-order valence-electron chi connectivity index (χ4n) is 2.98. The minimum atomic E-state index is 0.438. The van der Waals surface area contributed by atoms with E-state index in [2.05, 4.69) is 43.7 Å². The predicted octanol–water partition coefficient (Wildman–Crippen LogP) is 2.58. The van der Waals surface area contributed by atoms with Crippen LogP contribution in [0.4, 0.5) is 5.82 Å². The molecule has 3 aromatic heterocycles. The van der Waals surface area contributed by atoms with Crippen LogP contribution in [-0.2, 0) is 13.0 Å². The van der Waals surface area contributed by atoms with Crippen LogP contribution < -0.4 is 5.32 Å². The van der Waals surface area contributed by atoms with Crippen molar-refractivity contribution in [1.29, 1.82) is 0 Å². The summed E-state index contributed by atoms with van der Waals surface area (Å²) < 4.78 is 1.71. The number of hydrogen-bond donors (Lipinski definition) is 1. The molecule has 0 aromatic carbocycles. The summed E-state index contributed by atoms with van der Waals surface area (Å²) in [6.07, 6.45) is 8.23. The van der Waals surface area contributed by atoms with Crippen molar-refractivity contribution in [3.63, 3.8) is 0 Å². The summed E-state index contributed by atoms with van der Waals surface area (Å²) in [5, 5.41) is 9.80. The largest absolute Gasteiger partial charge is 0.367 e. The van der Waals surface area contributed by atoms with Gasteiger partial charge in [-0.05, 0) is 36.4 Å². The smallest absolute Gasteiger partial charge is 0.173 e. The van der Waals surface area contributed by atoms with Gasteiger partial charge in [0.2, 0.25) is 0 Å². The molecule has 24 heavy (non-hydrogen) atoms. The van der Waals surface area contributed by atoms with E-state index in [0.29, 0.717) is 6.04 Å². The number of rotatable bonds is 5. The number of anilines is 1. The first-order valence-corrected chi connectivity index (χ1v) is 9.03. The van der Waals surface area contributed by atoms with Crippen molar-refractivity contribution in [1.82, 2.24) is 24.6 Å². The van der Waals surface area contributed by atoms with Crippen LogP contribution in [0, 0.1) is 0 Å². The zero-order valence-electron chi connectivity index (χ0n) is 13.6. The highest BCUT2D eigenvalue weighted by Gasteiger charge is 2.21.